The van der Waals surface area contributed by atoms with Crippen LogP contribution < -0.4 is 0 Å². The maximum Gasteiger partial charge on any atom is 0.331 e. The third kappa shape index (κ3) is 6.79. The second kappa shape index (κ2) is 10.2. The Hall–Kier alpha value is -0.613. The zero-order valence-corrected chi connectivity index (χ0v) is 15.0. The molecule has 0 aliphatic carbocycles. The molecule has 0 spiro atoms. The van der Waals surface area contributed by atoms with Gasteiger partial charge < -0.3 is 9.16 Å². The zero-order valence-electron chi connectivity index (χ0n) is 14.0. The van der Waals surface area contributed by atoms with Crippen molar-refractivity contribution in [2.24, 2.45) is 0 Å². The van der Waals surface area contributed by atoms with Crippen molar-refractivity contribution < 1.29 is 14.0 Å². The van der Waals surface area contributed by atoms with Crippen LogP contribution in [0.25, 0.3) is 0 Å². The van der Waals surface area contributed by atoms with Gasteiger partial charge >= 0.3 is 5.97 Å². The third-order valence-electron chi connectivity index (χ3n) is 4.23. The number of esters is 1. The van der Waals surface area contributed by atoms with Gasteiger partial charge in [-0.1, -0.05) is 59.3 Å². The molecule has 0 bridgehead atoms. The SMILES string of the molecule is CCCC[Si](CCCC)(CCCC)OC[C@@H]1C=CC(=O)O1. The fraction of sp³-hybridized carbons (Fsp3) is 0.824. The van der Waals surface area contributed by atoms with Crippen molar-refractivity contribution in [3.05, 3.63) is 12.2 Å². The highest BCUT2D eigenvalue weighted by Gasteiger charge is 2.34. The van der Waals surface area contributed by atoms with E-state index >= 15 is 0 Å². The third-order valence-corrected chi connectivity index (χ3v) is 8.80. The summed E-state index contributed by atoms with van der Waals surface area (Å²) in [4.78, 5) is 11.1. The first-order valence-corrected chi connectivity index (χ1v) is 11.2. The molecule has 122 valence electrons. The van der Waals surface area contributed by atoms with E-state index in [1.807, 2.05) is 6.08 Å². The first-order chi connectivity index (χ1) is 10.2. The molecule has 3 nitrogen and oxygen atoms in total. The standard InChI is InChI=1S/C17H32O3Si/c1-4-7-12-21(13-8-5-2,14-9-6-3)19-15-16-10-11-17(18)20-16/h10-11,16H,4-9,12-15H2,1-3H3/t16-/m0/s1. The van der Waals surface area contributed by atoms with Crippen molar-refractivity contribution in [2.75, 3.05) is 6.61 Å². The molecule has 0 N–H and O–H groups in total. The maximum atomic E-state index is 11.1. The molecular weight excluding hydrogens is 280 g/mol. The highest BCUT2D eigenvalue weighted by atomic mass is 28.4. The van der Waals surface area contributed by atoms with Gasteiger partial charge in [0, 0.05) is 6.08 Å². The van der Waals surface area contributed by atoms with Crippen LogP contribution in [-0.4, -0.2) is 27.0 Å². The van der Waals surface area contributed by atoms with Crippen LogP contribution in [0, 0.1) is 0 Å². The molecule has 4 heteroatoms. The van der Waals surface area contributed by atoms with Gasteiger partial charge in [-0.05, 0) is 24.2 Å². The van der Waals surface area contributed by atoms with Gasteiger partial charge in [-0.15, -0.1) is 0 Å². The molecule has 0 amide bonds. The molecule has 0 saturated carbocycles. The Labute approximate surface area is 131 Å². The molecule has 1 rings (SSSR count). The van der Waals surface area contributed by atoms with Gasteiger partial charge in [0.15, 0.2) is 8.32 Å². The summed E-state index contributed by atoms with van der Waals surface area (Å²) in [6.07, 6.45) is 10.7. The average Bonchev–Trinajstić information content (AvgIpc) is 2.91. The Morgan fingerprint density at radius 3 is 1.95 bits per heavy atom. The second-order valence-electron chi connectivity index (χ2n) is 6.14. The van der Waals surface area contributed by atoms with E-state index in [1.165, 1.54) is 62.7 Å². The lowest BCUT2D eigenvalue weighted by atomic mass is 10.4. The molecule has 1 atom stereocenters. The highest BCUT2D eigenvalue weighted by Crippen LogP contribution is 2.30. The number of hydrogen-bond donors (Lipinski definition) is 0. The summed E-state index contributed by atoms with van der Waals surface area (Å²) in [7, 11) is -1.67. The molecule has 1 aliphatic heterocycles. The number of unbranched alkanes of at least 4 members (excludes halogenated alkanes) is 3. The zero-order chi connectivity index (χ0) is 15.6. The Morgan fingerprint density at radius 2 is 1.57 bits per heavy atom. The summed E-state index contributed by atoms with van der Waals surface area (Å²) in [5, 5.41) is 0. The minimum atomic E-state index is -1.67. The number of hydrogen-bond acceptors (Lipinski definition) is 3. The van der Waals surface area contributed by atoms with Crippen LogP contribution >= 0.6 is 0 Å². The first kappa shape index (κ1) is 18.4. The summed E-state index contributed by atoms with van der Waals surface area (Å²) in [5.41, 5.74) is 0. The Morgan fingerprint density at radius 1 is 1.05 bits per heavy atom. The fourth-order valence-electron chi connectivity index (χ4n) is 2.85. The van der Waals surface area contributed by atoms with Crippen LogP contribution in [0.1, 0.15) is 59.3 Å². The number of rotatable bonds is 12. The Bertz CT molecular complexity index is 306. The van der Waals surface area contributed by atoms with Gasteiger partial charge in [0.2, 0.25) is 0 Å². The minimum absolute atomic E-state index is 0.158. The molecule has 0 saturated heterocycles. The van der Waals surface area contributed by atoms with E-state index in [0.717, 1.165) is 0 Å². The van der Waals surface area contributed by atoms with Crippen molar-refractivity contribution in [3.63, 3.8) is 0 Å². The number of cyclic esters (lactones) is 1. The van der Waals surface area contributed by atoms with Crippen LogP contribution in [0.5, 0.6) is 0 Å². The van der Waals surface area contributed by atoms with E-state index < -0.39 is 8.32 Å². The smallest absolute Gasteiger partial charge is 0.331 e. The van der Waals surface area contributed by atoms with Gasteiger partial charge in [-0.25, -0.2) is 4.79 Å². The summed E-state index contributed by atoms with van der Waals surface area (Å²) < 4.78 is 11.7. The number of carbonyl (C=O) groups is 1. The molecule has 1 heterocycles. The molecular formula is C17H32O3Si. The van der Waals surface area contributed by atoms with Gasteiger partial charge in [0.05, 0.1) is 6.61 Å². The van der Waals surface area contributed by atoms with Crippen LogP contribution in [0.3, 0.4) is 0 Å². The van der Waals surface area contributed by atoms with Crippen LogP contribution in [-0.2, 0) is 14.0 Å². The maximum absolute atomic E-state index is 11.1. The van der Waals surface area contributed by atoms with Gasteiger partial charge in [-0.3, -0.25) is 0 Å². The van der Waals surface area contributed by atoms with Gasteiger partial charge in [0.25, 0.3) is 0 Å². The van der Waals surface area contributed by atoms with Crippen molar-refractivity contribution in [1.29, 1.82) is 0 Å². The predicted octanol–water partition coefficient (Wildman–Crippen LogP) is 4.83. The van der Waals surface area contributed by atoms with Crippen molar-refractivity contribution in [2.45, 2.75) is 83.5 Å². The molecule has 0 radical (unpaired) electrons. The lowest BCUT2D eigenvalue weighted by molar-refractivity contribution is -0.139. The molecule has 1 aliphatic rings. The number of ether oxygens (including phenoxy) is 1. The summed E-state index contributed by atoms with van der Waals surface area (Å²) in [5.74, 6) is -0.230. The molecule has 0 fully saturated rings. The van der Waals surface area contributed by atoms with E-state index in [9.17, 15) is 4.79 Å². The highest BCUT2D eigenvalue weighted by molar-refractivity contribution is 6.73. The van der Waals surface area contributed by atoms with Crippen LogP contribution in [0.2, 0.25) is 18.1 Å². The van der Waals surface area contributed by atoms with Crippen LogP contribution in [0.15, 0.2) is 12.2 Å². The molecule has 0 aromatic rings. The van der Waals surface area contributed by atoms with Crippen molar-refractivity contribution >= 4 is 14.3 Å². The Kier molecular flexibility index (Phi) is 8.93. The molecule has 0 unspecified atom stereocenters. The van der Waals surface area contributed by atoms with E-state index in [-0.39, 0.29) is 12.1 Å². The molecule has 0 aromatic heterocycles. The largest absolute Gasteiger partial charge is 0.453 e. The monoisotopic (exact) mass is 312 g/mol. The summed E-state index contributed by atoms with van der Waals surface area (Å²) >= 11 is 0. The predicted molar refractivity (Wildman–Crippen MR) is 89.9 cm³/mol. The second-order valence-corrected chi connectivity index (χ2v) is 10.3. The lowest BCUT2D eigenvalue weighted by Gasteiger charge is -2.32. The van der Waals surface area contributed by atoms with Crippen molar-refractivity contribution in [1.82, 2.24) is 0 Å². The first-order valence-electron chi connectivity index (χ1n) is 8.68. The minimum Gasteiger partial charge on any atom is -0.453 e. The lowest BCUT2D eigenvalue weighted by Crippen LogP contribution is -2.40. The van der Waals surface area contributed by atoms with Gasteiger partial charge in [-0.2, -0.15) is 0 Å². The van der Waals surface area contributed by atoms with E-state index in [2.05, 4.69) is 20.8 Å². The fourth-order valence-corrected chi connectivity index (χ4v) is 7.54. The molecule has 0 aromatic carbocycles. The van der Waals surface area contributed by atoms with E-state index in [0.29, 0.717) is 6.61 Å². The molecule has 21 heavy (non-hydrogen) atoms. The number of carbonyl (C=O) groups excluding carboxylic acids is 1. The summed E-state index contributed by atoms with van der Waals surface area (Å²) in [6, 6.07) is 3.77. The van der Waals surface area contributed by atoms with Crippen molar-refractivity contribution in [3.8, 4) is 0 Å². The topological polar surface area (TPSA) is 35.5 Å². The van der Waals surface area contributed by atoms with Gasteiger partial charge in [0.1, 0.15) is 6.10 Å². The van der Waals surface area contributed by atoms with Crippen LogP contribution in [0.4, 0.5) is 0 Å². The summed E-state index contributed by atoms with van der Waals surface area (Å²) in [6.45, 7) is 7.31. The average molecular weight is 313 g/mol. The quantitative estimate of drug-likeness (QED) is 0.382. The Balaban J connectivity index is 2.60. The van der Waals surface area contributed by atoms with E-state index in [1.54, 1.807) is 0 Å². The normalized spacial score (nSPS) is 18.2. The van der Waals surface area contributed by atoms with E-state index in [4.69, 9.17) is 9.16 Å².